The Balaban J connectivity index is 1.47. The summed E-state index contributed by atoms with van der Waals surface area (Å²) in [6.45, 7) is 0.415. The number of halogens is 1. The molecule has 1 fully saturated rings. The lowest BCUT2D eigenvalue weighted by atomic mass is 9.92. The molecule has 2 aliphatic rings. The molecule has 2 aromatic carbocycles. The highest BCUT2D eigenvalue weighted by molar-refractivity contribution is 6.30. The maximum absolute atomic E-state index is 13.0. The average Bonchev–Trinajstić information content (AvgIpc) is 3.09. The van der Waals surface area contributed by atoms with Gasteiger partial charge in [-0.05, 0) is 42.2 Å². The van der Waals surface area contributed by atoms with Crippen molar-refractivity contribution in [1.29, 1.82) is 0 Å². The van der Waals surface area contributed by atoms with Crippen molar-refractivity contribution < 1.29 is 14.3 Å². The maximum Gasteiger partial charge on any atom is 0.325 e. The third-order valence-electron chi connectivity index (χ3n) is 4.80. The van der Waals surface area contributed by atoms with Gasteiger partial charge in [-0.3, -0.25) is 9.69 Å². The number of aryl methyl sites for hydroxylation is 1. The first kappa shape index (κ1) is 16.0. The molecule has 4 rings (SSSR count). The molecule has 0 saturated carbocycles. The number of amides is 3. The number of imide groups is 1. The van der Waals surface area contributed by atoms with Crippen LogP contribution in [-0.4, -0.2) is 30.0 Å². The predicted octanol–water partition coefficient (Wildman–Crippen LogP) is 3.11. The minimum atomic E-state index is -0.913. The van der Waals surface area contributed by atoms with E-state index in [0.717, 1.165) is 17.5 Å². The normalized spacial score (nSPS) is 21.6. The molecule has 2 aromatic rings. The molecule has 6 heteroatoms. The molecule has 1 N–H and O–H groups in total. The number of ether oxygens (including phenoxy) is 1. The summed E-state index contributed by atoms with van der Waals surface area (Å²) in [4.78, 5) is 26.6. The molecule has 0 radical (unpaired) electrons. The second-order valence-electron chi connectivity index (χ2n) is 6.26. The Bertz CT molecular complexity index is 854. The van der Waals surface area contributed by atoms with E-state index in [2.05, 4.69) is 5.32 Å². The lowest BCUT2D eigenvalue weighted by molar-refractivity contribution is -0.131. The lowest BCUT2D eigenvalue weighted by Crippen LogP contribution is -2.42. The molecule has 5 nitrogen and oxygen atoms in total. The standard InChI is InChI=1S/C19H17ClN2O3/c20-14-5-3-6-15(12-14)25-11-10-22-17(23)19(21-18(22)24)9-8-13-4-1-2-7-16(13)19/h1-7,12H,8-11H2,(H,21,24). The highest BCUT2D eigenvalue weighted by Gasteiger charge is 2.54. The van der Waals surface area contributed by atoms with Crippen LogP contribution in [0.1, 0.15) is 17.5 Å². The van der Waals surface area contributed by atoms with Gasteiger partial charge >= 0.3 is 6.03 Å². The van der Waals surface area contributed by atoms with Crippen molar-refractivity contribution in [1.82, 2.24) is 10.2 Å². The molecule has 1 atom stereocenters. The quantitative estimate of drug-likeness (QED) is 0.856. The predicted molar refractivity (Wildman–Crippen MR) is 93.6 cm³/mol. The van der Waals surface area contributed by atoms with Crippen molar-refractivity contribution in [2.45, 2.75) is 18.4 Å². The molecule has 1 saturated heterocycles. The Morgan fingerprint density at radius 3 is 2.84 bits per heavy atom. The minimum absolute atomic E-state index is 0.196. The highest BCUT2D eigenvalue weighted by Crippen LogP contribution is 2.41. The number of urea groups is 1. The number of fused-ring (bicyclic) bond motifs is 2. The van der Waals surface area contributed by atoms with Crippen LogP contribution in [0.2, 0.25) is 5.02 Å². The van der Waals surface area contributed by atoms with Gasteiger partial charge in [-0.15, -0.1) is 0 Å². The number of carbonyl (C=O) groups is 2. The zero-order valence-electron chi connectivity index (χ0n) is 13.5. The van der Waals surface area contributed by atoms with Gasteiger partial charge in [-0.25, -0.2) is 4.79 Å². The van der Waals surface area contributed by atoms with Crippen molar-refractivity contribution in [2.24, 2.45) is 0 Å². The number of rotatable bonds is 4. The van der Waals surface area contributed by atoms with E-state index in [1.807, 2.05) is 24.3 Å². The summed E-state index contributed by atoms with van der Waals surface area (Å²) in [7, 11) is 0. The summed E-state index contributed by atoms with van der Waals surface area (Å²) in [6, 6.07) is 14.4. The van der Waals surface area contributed by atoms with Crippen LogP contribution in [0, 0.1) is 0 Å². The van der Waals surface area contributed by atoms with Crippen molar-refractivity contribution in [3.8, 4) is 5.75 Å². The van der Waals surface area contributed by atoms with Crippen LogP contribution >= 0.6 is 11.6 Å². The Kier molecular flexibility index (Phi) is 3.88. The topological polar surface area (TPSA) is 58.6 Å². The van der Waals surface area contributed by atoms with Crippen LogP contribution in [0.3, 0.4) is 0 Å². The first-order valence-electron chi connectivity index (χ1n) is 8.21. The summed E-state index contributed by atoms with van der Waals surface area (Å²) < 4.78 is 5.61. The Hall–Kier alpha value is -2.53. The molecule has 3 amide bonds. The van der Waals surface area contributed by atoms with Gasteiger partial charge in [0.25, 0.3) is 5.91 Å². The third-order valence-corrected chi connectivity index (χ3v) is 5.04. The van der Waals surface area contributed by atoms with Gasteiger partial charge in [0.2, 0.25) is 0 Å². The zero-order valence-corrected chi connectivity index (χ0v) is 14.3. The van der Waals surface area contributed by atoms with Crippen LogP contribution < -0.4 is 10.1 Å². The zero-order chi connectivity index (χ0) is 17.4. The van der Waals surface area contributed by atoms with Crippen molar-refractivity contribution in [2.75, 3.05) is 13.2 Å². The van der Waals surface area contributed by atoms with E-state index < -0.39 is 5.54 Å². The van der Waals surface area contributed by atoms with Crippen LogP contribution in [-0.2, 0) is 16.8 Å². The van der Waals surface area contributed by atoms with Crippen LogP contribution in [0.5, 0.6) is 5.75 Å². The molecule has 0 aromatic heterocycles. The number of hydrogen-bond donors (Lipinski definition) is 1. The molecule has 1 aliphatic carbocycles. The lowest BCUT2D eigenvalue weighted by Gasteiger charge is -2.22. The second kappa shape index (κ2) is 6.08. The number of carbonyl (C=O) groups excluding carboxylic acids is 2. The number of hydrogen-bond acceptors (Lipinski definition) is 3. The Morgan fingerprint density at radius 1 is 1.16 bits per heavy atom. The van der Waals surface area contributed by atoms with Crippen molar-refractivity contribution in [3.05, 3.63) is 64.7 Å². The first-order chi connectivity index (χ1) is 12.1. The van der Waals surface area contributed by atoms with E-state index in [0.29, 0.717) is 17.2 Å². The summed E-state index contributed by atoms with van der Waals surface area (Å²) in [5, 5.41) is 3.48. The molecular formula is C19H17ClN2O3. The maximum atomic E-state index is 13.0. The molecule has 0 bridgehead atoms. The molecule has 1 aliphatic heterocycles. The highest BCUT2D eigenvalue weighted by atomic mass is 35.5. The van der Waals surface area contributed by atoms with E-state index in [4.69, 9.17) is 16.3 Å². The second-order valence-corrected chi connectivity index (χ2v) is 6.69. The van der Waals surface area contributed by atoms with Gasteiger partial charge in [0, 0.05) is 5.02 Å². The Labute approximate surface area is 150 Å². The van der Waals surface area contributed by atoms with Crippen LogP contribution in [0.25, 0.3) is 0 Å². The van der Waals surface area contributed by atoms with Crippen LogP contribution in [0.4, 0.5) is 4.79 Å². The average molecular weight is 357 g/mol. The summed E-state index contributed by atoms with van der Waals surface area (Å²) in [6.07, 6.45) is 1.39. The van der Waals surface area contributed by atoms with E-state index in [-0.39, 0.29) is 25.1 Å². The minimum Gasteiger partial charge on any atom is -0.492 e. The molecule has 1 spiro atoms. The van der Waals surface area contributed by atoms with Gasteiger partial charge < -0.3 is 10.1 Å². The summed E-state index contributed by atoms with van der Waals surface area (Å²) >= 11 is 5.92. The largest absolute Gasteiger partial charge is 0.492 e. The summed E-state index contributed by atoms with van der Waals surface area (Å²) in [5.41, 5.74) is 1.11. The van der Waals surface area contributed by atoms with Gasteiger partial charge in [-0.1, -0.05) is 41.9 Å². The summed E-state index contributed by atoms with van der Waals surface area (Å²) in [5.74, 6) is 0.414. The first-order valence-corrected chi connectivity index (χ1v) is 8.59. The van der Waals surface area contributed by atoms with Gasteiger partial charge in [-0.2, -0.15) is 0 Å². The molecule has 25 heavy (non-hydrogen) atoms. The monoisotopic (exact) mass is 356 g/mol. The van der Waals surface area contributed by atoms with Crippen molar-refractivity contribution in [3.63, 3.8) is 0 Å². The fourth-order valence-corrected chi connectivity index (χ4v) is 3.78. The number of nitrogens with zero attached hydrogens (tertiary/aromatic N) is 1. The molecule has 1 heterocycles. The Morgan fingerprint density at radius 2 is 2.00 bits per heavy atom. The fraction of sp³-hybridized carbons (Fsp3) is 0.263. The molecule has 1 unspecified atom stereocenters. The van der Waals surface area contributed by atoms with E-state index in [1.54, 1.807) is 24.3 Å². The van der Waals surface area contributed by atoms with Crippen LogP contribution in [0.15, 0.2) is 48.5 Å². The van der Waals surface area contributed by atoms with Gasteiger partial charge in [0.1, 0.15) is 17.9 Å². The molecule has 128 valence electrons. The fourth-order valence-electron chi connectivity index (χ4n) is 3.60. The smallest absolute Gasteiger partial charge is 0.325 e. The number of benzene rings is 2. The van der Waals surface area contributed by atoms with Gasteiger partial charge in [0.15, 0.2) is 0 Å². The SMILES string of the molecule is O=C1NC2(CCc3ccccc32)C(=O)N1CCOc1cccc(Cl)c1. The van der Waals surface area contributed by atoms with E-state index in [1.165, 1.54) is 4.90 Å². The number of nitrogens with one attached hydrogen (secondary N) is 1. The van der Waals surface area contributed by atoms with E-state index >= 15 is 0 Å². The third kappa shape index (κ3) is 2.65. The van der Waals surface area contributed by atoms with Crippen molar-refractivity contribution >= 4 is 23.5 Å². The van der Waals surface area contributed by atoms with Gasteiger partial charge in [0.05, 0.1) is 6.54 Å². The van der Waals surface area contributed by atoms with E-state index in [9.17, 15) is 9.59 Å². The molecular weight excluding hydrogens is 340 g/mol.